The Balaban J connectivity index is 1.08. The van der Waals surface area contributed by atoms with Crippen molar-refractivity contribution in [1.29, 1.82) is 0 Å². The second-order valence-corrected chi connectivity index (χ2v) is 12.8. The first-order valence-electron chi connectivity index (χ1n) is 15.7. The molecule has 2 aromatic heterocycles. The lowest BCUT2D eigenvalue weighted by atomic mass is 9.75. The van der Waals surface area contributed by atoms with Crippen LogP contribution in [-0.4, -0.2) is 77.3 Å². The summed E-state index contributed by atoms with van der Waals surface area (Å²) in [6, 6.07) is 9.74. The van der Waals surface area contributed by atoms with Crippen molar-refractivity contribution in [3.63, 3.8) is 0 Å². The second kappa shape index (κ2) is 11.3. The third-order valence-electron chi connectivity index (χ3n) is 9.79. The van der Waals surface area contributed by atoms with Crippen LogP contribution in [-0.2, 0) is 4.74 Å². The summed E-state index contributed by atoms with van der Waals surface area (Å²) in [7, 11) is 0. The number of aromatic nitrogens is 2. The predicted octanol–water partition coefficient (Wildman–Crippen LogP) is 5.52. The fraction of sp³-hybridized carbons (Fsp3) is 0.576. The van der Waals surface area contributed by atoms with Crippen LogP contribution in [0.5, 0.6) is 5.75 Å². The first-order valence-corrected chi connectivity index (χ1v) is 15.7. The van der Waals surface area contributed by atoms with Crippen LogP contribution < -0.4 is 4.74 Å². The number of hydrogen-bond acceptors (Lipinski definition) is 7. The molecule has 0 N–H and O–H groups in total. The molecule has 1 spiro atoms. The van der Waals surface area contributed by atoms with Crippen LogP contribution in [0.3, 0.4) is 0 Å². The number of piperidine rings is 1. The van der Waals surface area contributed by atoms with Crippen LogP contribution in [0.4, 0.5) is 0 Å². The van der Waals surface area contributed by atoms with Crippen molar-refractivity contribution < 1.29 is 23.6 Å². The number of pyridine rings is 1. The fourth-order valence-corrected chi connectivity index (χ4v) is 7.01. The lowest BCUT2D eigenvalue weighted by Crippen LogP contribution is -2.45. The zero-order chi connectivity index (χ0) is 28.7. The zero-order valence-electron chi connectivity index (χ0n) is 24.5. The average molecular weight is 573 g/mol. The Kier molecular flexibility index (Phi) is 7.38. The van der Waals surface area contributed by atoms with E-state index < -0.39 is 0 Å². The Morgan fingerprint density at radius 3 is 2.71 bits per heavy atom. The van der Waals surface area contributed by atoms with Crippen LogP contribution >= 0.6 is 0 Å². The number of hydrogen-bond donors (Lipinski definition) is 0. The maximum Gasteiger partial charge on any atom is 0.259 e. The van der Waals surface area contributed by atoms with Crippen molar-refractivity contribution in [3.8, 4) is 5.75 Å². The molecule has 222 valence electrons. The molecule has 3 fully saturated rings. The zero-order valence-corrected chi connectivity index (χ0v) is 24.5. The van der Waals surface area contributed by atoms with E-state index in [0.29, 0.717) is 61.4 Å². The van der Waals surface area contributed by atoms with Gasteiger partial charge in [-0.15, -0.1) is 0 Å². The number of carbonyl (C=O) groups excluding carboxylic acids is 2. The Bertz CT molecular complexity index is 1470. The van der Waals surface area contributed by atoms with Crippen molar-refractivity contribution in [2.45, 2.75) is 76.7 Å². The molecule has 4 aliphatic rings. The van der Waals surface area contributed by atoms with Gasteiger partial charge in [0.05, 0.1) is 35.9 Å². The van der Waals surface area contributed by atoms with Crippen LogP contribution in [0.2, 0.25) is 0 Å². The van der Waals surface area contributed by atoms with Gasteiger partial charge in [-0.3, -0.25) is 9.59 Å². The Labute approximate surface area is 246 Å². The summed E-state index contributed by atoms with van der Waals surface area (Å²) in [6.07, 6.45) is 8.97. The normalized spacial score (nSPS) is 23.4. The van der Waals surface area contributed by atoms with Gasteiger partial charge in [0.2, 0.25) is 0 Å². The summed E-state index contributed by atoms with van der Waals surface area (Å²) in [5.41, 5.74) is 3.39. The van der Waals surface area contributed by atoms with E-state index in [-0.39, 0.29) is 23.3 Å². The monoisotopic (exact) mass is 572 g/mol. The highest BCUT2D eigenvalue weighted by Crippen LogP contribution is 2.42. The summed E-state index contributed by atoms with van der Waals surface area (Å²) in [6.45, 7) is 5.85. The van der Waals surface area contributed by atoms with Gasteiger partial charge in [0.25, 0.3) is 17.5 Å². The van der Waals surface area contributed by atoms with Crippen LogP contribution in [0.15, 0.2) is 34.9 Å². The van der Waals surface area contributed by atoms with Crippen molar-refractivity contribution in [2.24, 2.45) is 5.41 Å². The van der Waals surface area contributed by atoms with Crippen molar-refractivity contribution in [3.05, 3.63) is 52.8 Å². The Morgan fingerprint density at radius 2 is 1.88 bits per heavy atom. The molecular weight excluding hydrogens is 532 g/mol. The number of amides is 2. The number of fused-ring (bicyclic) bond motifs is 4. The molecular formula is C33H40N4O5. The smallest absolute Gasteiger partial charge is 0.259 e. The Hall–Kier alpha value is -3.46. The highest BCUT2D eigenvalue weighted by atomic mass is 16.5. The highest BCUT2D eigenvalue weighted by molar-refractivity contribution is 6.06. The summed E-state index contributed by atoms with van der Waals surface area (Å²) in [5.74, 6) is 1.23. The highest BCUT2D eigenvalue weighted by Gasteiger charge is 2.38. The molecule has 9 heteroatoms. The van der Waals surface area contributed by atoms with Crippen LogP contribution in [0.25, 0.3) is 11.1 Å². The first-order chi connectivity index (χ1) is 20.5. The van der Waals surface area contributed by atoms with Gasteiger partial charge in [-0.2, -0.15) is 0 Å². The maximum atomic E-state index is 13.9. The molecule has 42 heavy (non-hydrogen) atoms. The van der Waals surface area contributed by atoms with Gasteiger partial charge >= 0.3 is 0 Å². The number of likely N-dealkylation sites (tertiary alicyclic amines) is 1. The maximum absolute atomic E-state index is 13.9. The van der Waals surface area contributed by atoms with Gasteiger partial charge in [-0.1, -0.05) is 17.6 Å². The first kappa shape index (κ1) is 27.4. The number of carbonyl (C=O) groups is 2. The molecule has 3 aliphatic heterocycles. The number of nitrogens with zero attached hydrogens (tertiary/aromatic N) is 4. The molecule has 0 radical (unpaired) electrons. The van der Waals surface area contributed by atoms with E-state index in [1.165, 1.54) is 0 Å². The van der Waals surface area contributed by atoms with Gasteiger partial charge < -0.3 is 23.8 Å². The molecule has 1 aliphatic carbocycles. The second-order valence-electron chi connectivity index (χ2n) is 12.8. The van der Waals surface area contributed by atoms with E-state index in [4.69, 9.17) is 14.0 Å². The van der Waals surface area contributed by atoms with E-state index in [0.717, 1.165) is 81.2 Å². The minimum atomic E-state index is -0.0448. The molecule has 0 unspecified atom stereocenters. The SMILES string of the molecule is Cc1noc2nc(C3CC3)cc(C(=O)N3CCC4(CCCCOC[C@@H]5CCCN5C(=O)c5cccc(c5)OC4)CC3)c12. The van der Waals surface area contributed by atoms with Gasteiger partial charge in [0.1, 0.15) is 5.75 Å². The molecule has 1 aromatic carbocycles. The number of aryl methyl sites for hydroxylation is 1. The topological polar surface area (TPSA) is 98.0 Å². The van der Waals surface area contributed by atoms with E-state index in [9.17, 15) is 9.59 Å². The van der Waals surface area contributed by atoms with Crippen LogP contribution in [0.1, 0.15) is 95.8 Å². The molecule has 9 nitrogen and oxygen atoms in total. The number of rotatable bonds is 2. The summed E-state index contributed by atoms with van der Waals surface area (Å²) in [5, 5.41) is 4.85. The summed E-state index contributed by atoms with van der Waals surface area (Å²) < 4.78 is 18.0. The molecule has 2 bridgehead atoms. The Morgan fingerprint density at radius 1 is 1.02 bits per heavy atom. The third-order valence-corrected chi connectivity index (χ3v) is 9.79. The minimum Gasteiger partial charge on any atom is -0.493 e. The van der Waals surface area contributed by atoms with E-state index >= 15 is 0 Å². The molecule has 2 saturated heterocycles. The van der Waals surface area contributed by atoms with Gasteiger partial charge in [-0.05, 0) is 82.6 Å². The molecule has 3 aromatic rings. The van der Waals surface area contributed by atoms with E-state index in [1.807, 2.05) is 47.1 Å². The molecule has 1 saturated carbocycles. The number of benzene rings is 1. The van der Waals surface area contributed by atoms with Gasteiger partial charge in [-0.25, -0.2) is 4.98 Å². The molecule has 5 heterocycles. The van der Waals surface area contributed by atoms with Crippen molar-refractivity contribution in [2.75, 3.05) is 39.5 Å². The third kappa shape index (κ3) is 5.39. The standard InChI is InChI=1S/C33H40N4O5/c1-22-29-27(19-28(23-9-10-23)34-30(29)42-35-22)32(39)36-15-12-33(13-16-36)11-2-3-17-40-20-25-7-5-14-37(25)31(38)24-6-4-8-26(18-24)41-21-33/h4,6,8,18-19,23,25H,2-3,5,7,9-17,20-21H2,1H3/t25-/m0/s1. The molecule has 7 rings (SSSR count). The predicted molar refractivity (Wildman–Crippen MR) is 157 cm³/mol. The summed E-state index contributed by atoms with van der Waals surface area (Å²) >= 11 is 0. The van der Waals surface area contributed by atoms with E-state index in [1.54, 1.807) is 0 Å². The number of ether oxygens (including phenoxy) is 2. The lowest BCUT2D eigenvalue weighted by Gasteiger charge is -2.42. The fourth-order valence-electron chi connectivity index (χ4n) is 7.01. The van der Waals surface area contributed by atoms with Gasteiger partial charge in [0.15, 0.2) is 0 Å². The largest absolute Gasteiger partial charge is 0.493 e. The minimum absolute atomic E-state index is 0.0312. The average Bonchev–Trinajstić information content (AvgIpc) is 3.66. The quantitative estimate of drug-likeness (QED) is 0.399. The molecule has 1 atom stereocenters. The van der Waals surface area contributed by atoms with Crippen LogP contribution in [0, 0.1) is 12.3 Å². The van der Waals surface area contributed by atoms with E-state index in [2.05, 4.69) is 10.1 Å². The summed E-state index contributed by atoms with van der Waals surface area (Å²) in [4.78, 5) is 35.9. The molecule has 2 amide bonds. The van der Waals surface area contributed by atoms with Crippen molar-refractivity contribution >= 4 is 22.9 Å². The van der Waals surface area contributed by atoms with Gasteiger partial charge in [0, 0.05) is 48.8 Å². The lowest BCUT2D eigenvalue weighted by molar-refractivity contribution is 0.0333. The van der Waals surface area contributed by atoms with Crippen molar-refractivity contribution in [1.82, 2.24) is 19.9 Å².